The van der Waals surface area contributed by atoms with E-state index in [1.165, 1.54) is 16.6 Å². The maximum atomic E-state index is 12.6. The average Bonchev–Trinajstić information content (AvgIpc) is 2.66. The lowest BCUT2D eigenvalue weighted by molar-refractivity contribution is -0.137. The van der Waals surface area contributed by atoms with E-state index in [1.54, 1.807) is 7.05 Å². The summed E-state index contributed by atoms with van der Waals surface area (Å²) in [5.74, 6) is -0.164. The van der Waals surface area contributed by atoms with Crippen molar-refractivity contribution in [2.24, 2.45) is 0 Å². The number of nitrogens with one attached hydrogen (secondary N) is 1. The van der Waals surface area contributed by atoms with Crippen LogP contribution in [-0.2, 0) is 17.4 Å². The third-order valence-corrected chi connectivity index (χ3v) is 4.73. The summed E-state index contributed by atoms with van der Waals surface area (Å²) in [5.41, 5.74) is 1.86. The molecule has 0 aromatic heterocycles. The largest absolute Gasteiger partial charge is 0.416 e. The van der Waals surface area contributed by atoms with Crippen LogP contribution in [0.15, 0.2) is 48.5 Å². The Morgan fingerprint density at radius 2 is 1.59 bits per heavy atom. The zero-order valence-corrected chi connectivity index (χ0v) is 15.9. The highest BCUT2D eigenvalue weighted by Gasteiger charge is 2.29. The lowest BCUT2D eigenvalue weighted by Gasteiger charge is -2.20. The molecule has 0 fully saturated rings. The number of carbonyl (C=O) groups is 1. The molecular formula is C20H22ClF3N2O. The van der Waals surface area contributed by atoms with Crippen molar-refractivity contribution in [3.63, 3.8) is 0 Å². The van der Waals surface area contributed by atoms with Gasteiger partial charge in [-0.2, -0.15) is 13.2 Å². The molecular weight excluding hydrogens is 377 g/mol. The minimum atomic E-state index is -4.34. The lowest BCUT2D eigenvalue weighted by Crippen LogP contribution is -2.41. The molecule has 1 amide bonds. The summed E-state index contributed by atoms with van der Waals surface area (Å²) < 4.78 is 39.1. The molecule has 27 heavy (non-hydrogen) atoms. The topological polar surface area (TPSA) is 32.3 Å². The molecule has 0 unspecified atom stereocenters. The van der Waals surface area contributed by atoms with Crippen LogP contribution in [0.3, 0.4) is 0 Å². The molecule has 0 radical (unpaired) electrons. The zero-order chi connectivity index (χ0) is 20.0. The number of likely N-dealkylation sites (N-methyl/N-ethyl adjacent to an activating group) is 1. The molecule has 0 bridgehead atoms. The molecule has 0 aliphatic heterocycles. The fraction of sp³-hybridized carbons (Fsp3) is 0.350. The second-order valence-electron chi connectivity index (χ2n) is 6.20. The molecule has 3 nitrogen and oxygen atoms in total. The van der Waals surface area contributed by atoms with Crippen LogP contribution in [0.25, 0.3) is 11.1 Å². The number of hydrogen-bond donors (Lipinski definition) is 1. The maximum Gasteiger partial charge on any atom is 0.416 e. The Kier molecular flexibility index (Phi) is 7.27. The molecule has 7 heteroatoms. The van der Waals surface area contributed by atoms with Gasteiger partial charge in [-0.25, -0.2) is 0 Å². The second kappa shape index (κ2) is 9.24. The van der Waals surface area contributed by atoms with Gasteiger partial charge in [0.2, 0.25) is 0 Å². The monoisotopic (exact) mass is 398 g/mol. The fourth-order valence-electron chi connectivity index (χ4n) is 2.72. The zero-order valence-electron chi connectivity index (χ0n) is 15.2. The van der Waals surface area contributed by atoms with Crippen molar-refractivity contribution < 1.29 is 18.0 Å². The first-order valence-corrected chi connectivity index (χ1v) is 9.01. The molecule has 0 saturated heterocycles. The first kappa shape index (κ1) is 21.3. The predicted octanol–water partition coefficient (Wildman–Crippen LogP) is 4.90. The number of halogens is 4. The van der Waals surface area contributed by atoms with Gasteiger partial charge < -0.3 is 5.32 Å². The molecule has 2 rings (SSSR count). The van der Waals surface area contributed by atoms with Gasteiger partial charge in [0.15, 0.2) is 0 Å². The number of amides is 1. The number of nitrogens with zero attached hydrogens (tertiary/aromatic N) is 1. The van der Waals surface area contributed by atoms with Crippen LogP contribution in [0, 0.1) is 0 Å². The quantitative estimate of drug-likeness (QED) is 0.673. The van der Waals surface area contributed by atoms with Crippen LogP contribution < -0.4 is 5.32 Å². The standard InChI is InChI=1S/C20H22ClF3N2O/c1-3-18(25-2)19(27)26(21)13-12-14-4-6-15(7-5-14)16-8-10-17(11-9-16)20(22,23)24/h4-11,18,25H,3,12-13H2,1-2H3/t18-/m0/s1. The summed E-state index contributed by atoms with van der Waals surface area (Å²) in [4.78, 5) is 12.1. The van der Waals surface area contributed by atoms with Crippen molar-refractivity contribution in [1.82, 2.24) is 9.74 Å². The van der Waals surface area contributed by atoms with Crippen LogP contribution in [0.5, 0.6) is 0 Å². The normalized spacial score (nSPS) is 12.7. The molecule has 2 aromatic carbocycles. The Balaban J connectivity index is 1.98. The number of rotatable bonds is 7. The summed E-state index contributed by atoms with van der Waals surface area (Å²) in [6.07, 6.45) is -3.10. The Morgan fingerprint density at radius 1 is 1.07 bits per heavy atom. The van der Waals surface area contributed by atoms with Gasteiger partial charge in [-0.05, 0) is 48.7 Å². The smallest absolute Gasteiger partial charge is 0.309 e. The van der Waals surface area contributed by atoms with E-state index < -0.39 is 11.7 Å². The first-order chi connectivity index (χ1) is 12.8. The summed E-state index contributed by atoms with van der Waals surface area (Å²) in [6.45, 7) is 2.28. The average molecular weight is 399 g/mol. The summed E-state index contributed by atoms with van der Waals surface area (Å²) >= 11 is 6.06. The predicted molar refractivity (Wildman–Crippen MR) is 101 cm³/mol. The van der Waals surface area contributed by atoms with E-state index in [1.807, 2.05) is 31.2 Å². The van der Waals surface area contributed by atoms with Gasteiger partial charge in [-0.1, -0.05) is 43.3 Å². The van der Waals surface area contributed by atoms with Crippen LogP contribution in [0.2, 0.25) is 0 Å². The van der Waals surface area contributed by atoms with Crippen LogP contribution in [-0.4, -0.2) is 30.0 Å². The molecule has 0 spiro atoms. The second-order valence-corrected chi connectivity index (χ2v) is 6.60. The van der Waals surface area contributed by atoms with Crippen molar-refractivity contribution in [2.75, 3.05) is 13.6 Å². The van der Waals surface area contributed by atoms with E-state index in [0.717, 1.165) is 23.3 Å². The van der Waals surface area contributed by atoms with E-state index in [0.29, 0.717) is 24.9 Å². The van der Waals surface area contributed by atoms with Gasteiger partial charge in [-0.3, -0.25) is 9.21 Å². The summed E-state index contributed by atoms with van der Waals surface area (Å²) in [6, 6.07) is 12.2. The molecule has 1 N–H and O–H groups in total. The van der Waals surface area contributed by atoms with Crippen LogP contribution in [0.1, 0.15) is 24.5 Å². The fourth-order valence-corrected chi connectivity index (χ4v) is 2.93. The Bertz CT molecular complexity index is 741. The lowest BCUT2D eigenvalue weighted by atomic mass is 10.0. The van der Waals surface area contributed by atoms with Crippen molar-refractivity contribution >= 4 is 17.7 Å². The van der Waals surface area contributed by atoms with Crippen molar-refractivity contribution in [3.8, 4) is 11.1 Å². The van der Waals surface area contributed by atoms with Gasteiger partial charge in [-0.15, -0.1) is 0 Å². The van der Waals surface area contributed by atoms with Gasteiger partial charge in [0.1, 0.15) is 0 Å². The number of hydrogen-bond acceptors (Lipinski definition) is 2. The molecule has 146 valence electrons. The highest BCUT2D eigenvalue weighted by Crippen LogP contribution is 2.31. The highest BCUT2D eigenvalue weighted by molar-refractivity contribution is 6.21. The molecule has 2 aromatic rings. The van der Waals surface area contributed by atoms with Crippen molar-refractivity contribution in [2.45, 2.75) is 32.0 Å². The summed E-state index contributed by atoms with van der Waals surface area (Å²) in [5, 5.41) is 2.92. The van der Waals surface area contributed by atoms with E-state index in [2.05, 4.69) is 5.32 Å². The van der Waals surface area contributed by atoms with Gasteiger partial charge in [0, 0.05) is 18.3 Å². The van der Waals surface area contributed by atoms with Crippen molar-refractivity contribution in [3.05, 3.63) is 59.7 Å². The van der Waals surface area contributed by atoms with Crippen molar-refractivity contribution in [1.29, 1.82) is 0 Å². The Labute approximate surface area is 162 Å². The third-order valence-electron chi connectivity index (χ3n) is 4.39. The molecule has 0 saturated carbocycles. The van der Waals surface area contributed by atoms with Crippen LogP contribution in [0.4, 0.5) is 13.2 Å². The Hall–Kier alpha value is -2.05. The molecule has 0 aliphatic carbocycles. The van der Waals surface area contributed by atoms with Gasteiger partial charge >= 0.3 is 6.18 Å². The van der Waals surface area contributed by atoms with Gasteiger partial charge in [0.25, 0.3) is 5.91 Å². The van der Waals surface area contributed by atoms with E-state index in [4.69, 9.17) is 11.8 Å². The highest BCUT2D eigenvalue weighted by atomic mass is 35.5. The summed E-state index contributed by atoms with van der Waals surface area (Å²) in [7, 11) is 1.72. The molecule has 0 aliphatic rings. The Morgan fingerprint density at radius 3 is 2.04 bits per heavy atom. The SMILES string of the molecule is CC[C@H](NC)C(=O)N(Cl)CCc1ccc(-c2ccc(C(F)(F)F)cc2)cc1. The number of benzene rings is 2. The molecule has 0 heterocycles. The third kappa shape index (κ3) is 5.71. The number of alkyl halides is 3. The number of carbonyl (C=O) groups excluding carboxylic acids is 1. The molecule has 1 atom stereocenters. The maximum absolute atomic E-state index is 12.6. The minimum absolute atomic E-state index is 0.164. The van der Waals surface area contributed by atoms with E-state index >= 15 is 0 Å². The van der Waals surface area contributed by atoms with Crippen LogP contribution >= 0.6 is 11.8 Å². The first-order valence-electron chi connectivity index (χ1n) is 8.67. The van der Waals surface area contributed by atoms with E-state index in [9.17, 15) is 18.0 Å². The minimum Gasteiger partial charge on any atom is -0.309 e. The van der Waals surface area contributed by atoms with Gasteiger partial charge in [0.05, 0.1) is 11.6 Å². The van der Waals surface area contributed by atoms with E-state index in [-0.39, 0.29) is 11.9 Å².